The van der Waals surface area contributed by atoms with E-state index in [1.54, 1.807) is 25.3 Å². The summed E-state index contributed by atoms with van der Waals surface area (Å²) in [5, 5.41) is 0. The number of nitrogens with zero attached hydrogens (tertiary/aromatic N) is 1. The molecule has 20 heavy (non-hydrogen) atoms. The fraction of sp³-hybridized carbons (Fsp3) is 0.375. The lowest BCUT2D eigenvalue weighted by Crippen LogP contribution is -2.13. The maximum absolute atomic E-state index is 12.6. The van der Waals surface area contributed by atoms with Crippen molar-refractivity contribution < 1.29 is 8.42 Å². The number of aromatic nitrogens is 1. The van der Waals surface area contributed by atoms with E-state index in [0.29, 0.717) is 10.8 Å². The first-order chi connectivity index (χ1) is 9.30. The van der Waals surface area contributed by atoms with E-state index in [1.165, 1.54) is 9.54 Å². The van der Waals surface area contributed by atoms with Crippen LogP contribution < -0.4 is 0 Å². The topological polar surface area (TPSA) is 39.1 Å². The highest BCUT2D eigenvalue weighted by molar-refractivity contribution is 7.90. The molecule has 0 spiro atoms. The van der Waals surface area contributed by atoms with E-state index in [9.17, 15) is 8.42 Å². The van der Waals surface area contributed by atoms with E-state index >= 15 is 0 Å². The maximum atomic E-state index is 12.6. The standard InChI is InChI=1S/C16H21NO2S/c1-12(2)9-15-5-7-16(8-6-15)20(18,19)17-11-13(3)10-14(17)4/h5-8,10-12H,9H2,1-4H3. The normalized spacial score (nSPS) is 12.1. The molecule has 0 saturated heterocycles. The monoisotopic (exact) mass is 291 g/mol. The van der Waals surface area contributed by atoms with Gasteiger partial charge < -0.3 is 0 Å². The summed E-state index contributed by atoms with van der Waals surface area (Å²) in [4.78, 5) is 0.337. The largest absolute Gasteiger partial charge is 0.267 e. The Morgan fingerprint density at radius 3 is 2.15 bits per heavy atom. The molecule has 0 unspecified atom stereocenters. The van der Waals surface area contributed by atoms with Crippen LogP contribution in [0.5, 0.6) is 0 Å². The molecular weight excluding hydrogens is 270 g/mol. The lowest BCUT2D eigenvalue weighted by Gasteiger charge is -2.10. The van der Waals surface area contributed by atoms with Crippen molar-refractivity contribution in [3.05, 3.63) is 53.3 Å². The van der Waals surface area contributed by atoms with Crippen LogP contribution in [0.3, 0.4) is 0 Å². The minimum absolute atomic E-state index is 0.337. The highest BCUT2D eigenvalue weighted by atomic mass is 32.2. The van der Waals surface area contributed by atoms with Crippen LogP contribution in [0.15, 0.2) is 41.4 Å². The molecule has 0 aliphatic heterocycles. The zero-order chi connectivity index (χ0) is 14.9. The quantitative estimate of drug-likeness (QED) is 0.864. The Kier molecular flexibility index (Phi) is 4.04. The van der Waals surface area contributed by atoms with Gasteiger partial charge in [-0.1, -0.05) is 26.0 Å². The van der Waals surface area contributed by atoms with Crippen molar-refractivity contribution in [2.45, 2.75) is 39.0 Å². The molecular formula is C16H21NO2S. The van der Waals surface area contributed by atoms with Gasteiger partial charge in [-0.15, -0.1) is 0 Å². The van der Waals surface area contributed by atoms with Crippen molar-refractivity contribution in [3.8, 4) is 0 Å². The molecule has 2 rings (SSSR count). The fourth-order valence-electron chi connectivity index (χ4n) is 2.36. The van der Waals surface area contributed by atoms with E-state index in [1.807, 2.05) is 25.1 Å². The second-order valence-corrected chi connectivity index (χ2v) is 7.52. The van der Waals surface area contributed by atoms with Gasteiger partial charge in [-0.3, -0.25) is 0 Å². The average Bonchev–Trinajstić information content (AvgIpc) is 2.69. The van der Waals surface area contributed by atoms with Gasteiger partial charge >= 0.3 is 0 Å². The predicted molar refractivity (Wildman–Crippen MR) is 81.5 cm³/mol. The molecule has 0 bridgehead atoms. The molecule has 0 atom stereocenters. The van der Waals surface area contributed by atoms with Crippen molar-refractivity contribution in [1.82, 2.24) is 3.97 Å². The summed E-state index contributed by atoms with van der Waals surface area (Å²) < 4.78 is 26.5. The van der Waals surface area contributed by atoms with Gasteiger partial charge in [-0.2, -0.15) is 0 Å². The second kappa shape index (κ2) is 5.44. The second-order valence-electron chi connectivity index (χ2n) is 5.70. The Labute approximate surface area is 121 Å². The molecule has 0 radical (unpaired) electrons. The first kappa shape index (κ1) is 14.9. The summed E-state index contributed by atoms with van der Waals surface area (Å²) in [5.74, 6) is 0.562. The molecule has 1 aromatic carbocycles. The number of hydrogen-bond acceptors (Lipinski definition) is 2. The predicted octanol–water partition coefficient (Wildman–Crippen LogP) is 3.54. The summed E-state index contributed by atoms with van der Waals surface area (Å²) >= 11 is 0. The minimum atomic E-state index is -3.48. The zero-order valence-electron chi connectivity index (χ0n) is 12.4. The van der Waals surface area contributed by atoms with Crippen LogP contribution in [-0.4, -0.2) is 12.4 Å². The van der Waals surface area contributed by atoms with Crippen LogP contribution >= 0.6 is 0 Å². The van der Waals surface area contributed by atoms with Crippen LogP contribution in [0.4, 0.5) is 0 Å². The third kappa shape index (κ3) is 2.96. The Morgan fingerprint density at radius 2 is 1.70 bits per heavy atom. The molecule has 1 heterocycles. The zero-order valence-corrected chi connectivity index (χ0v) is 13.2. The highest BCUT2D eigenvalue weighted by Crippen LogP contribution is 2.19. The van der Waals surface area contributed by atoms with Gasteiger partial charge in [0.1, 0.15) is 0 Å². The molecule has 0 amide bonds. The molecule has 0 aliphatic rings. The van der Waals surface area contributed by atoms with E-state index in [-0.39, 0.29) is 0 Å². The van der Waals surface area contributed by atoms with Crippen molar-refractivity contribution in [2.75, 3.05) is 0 Å². The molecule has 3 nitrogen and oxygen atoms in total. The molecule has 0 aliphatic carbocycles. The Morgan fingerprint density at radius 1 is 1.10 bits per heavy atom. The Hall–Kier alpha value is -1.55. The molecule has 4 heteroatoms. The van der Waals surface area contributed by atoms with Crippen LogP contribution in [0.1, 0.15) is 30.7 Å². The van der Waals surface area contributed by atoms with Gasteiger partial charge in [0.05, 0.1) is 4.90 Å². The van der Waals surface area contributed by atoms with Gasteiger partial charge in [0.15, 0.2) is 0 Å². The van der Waals surface area contributed by atoms with Crippen molar-refractivity contribution in [3.63, 3.8) is 0 Å². The summed E-state index contributed by atoms with van der Waals surface area (Å²) in [5.41, 5.74) is 2.84. The number of rotatable bonds is 4. The average molecular weight is 291 g/mol. The van der Waals surface area contributed by atoms with E-state index < -0.39 is 10.0 Å². The van der Waals surface area contributed by atoms with Gasteiger partial charge in [0.2, 0.25) is 0 Å². The molecule has 0 fully saturated rings. The van der Waals surface area contributed by atoms with Crippen molar-refractivity contribution in [2.24, 2.45) is 5.92 Å². The molecule has 108 valence electrons. The number of hydrogen-bond donors (Lipinski definition) is 0. The minimum Gasteiger partial charge on any atom is -0.246 e. The van der Waals surface area contributed by atoms with Crippen LogP contribution in [-0.2, 0) is 16.4 Å². The van der Waals surface area contributed by atoms with E-state index in [0.717, 1.165) is 17.7 Å². The van der Waals surface area contributed by atoms with Crippen LogP contribution in [0.25, 0.3) is 0 Å². The molecule has 0 N–H and O–H groups in total. The third-order valence-electron chi connectivity index (χ3n) is 3.23. The molecule has 1 aromatic heterocycles. The number of benzene rings is 1. The highest BCUT2D eigenvalue weighted by Gasteiger charge is 2.18. The molecule has 0 saturated carbocycles. The van der Waals surface area contributed by atoms with Crippen molar-refractivity contribution in [1.29, 1.82) is 0 Å². The summed E-state index contributed by atoms with van der Waals surface area (Å²) in [6, 6.07) is 9.06. The smallest absolute Gasteiger partial charge is 0.246 e. The van der Waals surface area contributed by atoms with Gasteiger partial charge in [0, 0.05) is 11.9 Å². The van der Waals surface area contributed by atoms with Crippen LogP contribution in [0.2, 0.25) is 0 Å². The first-order valence-electron chi connectivity index (χ1n) is 6.81. The van der Waals surface area contributed by atoms with Gasteiger partial charge in [-0.05, 0) is 55.5 Å². The maximum Gasteiger partial charge on any atom is 0.267 e. The van der Waals surface area contributed by atoms with Crippen molar-refractivity contribution >= 4 is 10.0 Å². The van der Waals surface area contributed by atoms with E-state index in [2.05, 4.69) is 13.8 Å². The lowest BCUT2D eigenvalue weighted by molar-refractivity contribution is 0.586. The lowest BCUT2D eigenvalue weighted by atomic mass is 10.0. The van der Waals surface area contributed by atoms with Gasteiger partial charge in [-0.25, -0.2) is 12.4 Å². The summed E-state index contributed by atoms with van der Waals surface area (Å²) in [6.45, 7) is 8.00. The fourth-order valence-corrected chi connectivity index (χ4v) is 3.80. The molecule has 2 aromatic rings. The van der Waals surface area contributed by atoms with E-state index in [4.69, 9.17) is 0 Å². The Balaban J connectivity index is 2.37. The first-order valence-corrected chi connectivity index (χ1v) is 8.25. The number of aryl methyl sites for hydroxylation is 2. The Bertz CT molecular complexity index is 695. The summed E-state index contributed by atoms with van der Waals surface area (Å²) in [7, 11) is -3.48. The SMILES string of the molecule is Cc1cc(C)n(S(=O)(=O)c2ccc(CC(C)C)cc2)c1. The summed E-state index contributed by atoms with van der Waals surface area (Å²) in [6.07, 6.45) is 2.62. The van der Waals surface area contributed by atoms with Crippen LogP contribution in [0, 0.1) is 19.8 Å². The van der Waals surface area contributed by atoms with Gasteiger partial charge in [0.25, 0.3) is 10.0 Å². The third-order valence-corrected chi connectivity index (χ3v) is 5.01.